The van der Waals surface area contributed by atoms with E-state index in [-0.39, 0.29) is 0 Å². The molecule has 0 atom stereocenters. The summed E-state index contributed by atoms with van der Waals surface area (Å²) in [7, 11) is 1.80. The van der Waals surface area contributed by atoms with E-state index in [1.807, 2.05) is 12.2 Å². The highest BCUT2D eigenvalue weighted by molar-refractivity contribution is 6.12. The molecule has 58 valence electrons. The number of allylic oxidation sites excluding steroid dienone is 5. The fourth-order valence-corrected chi connectivity index (χ4v) is 1.16. The SMILES string of the molecule is C=C1C(CC)=CC=C/C1=N/C. The second-order valence-corrected chi connectivity index (χ2v) is 2.49. The number of nitrogens with zero attached hydrogens (tertiary/aromatic N) is 1. The third kappa shape index (κ3) is 1.48. The lowest BCUT2D eigenvalue weighted by Gasteiger charge is -2.11. The first-order valence-electron chi connectivity index (χ1n) is 3.83. The molecule has 11 heavy (non-hydrogen) atoms. The molecule has 0 bridgehead atoms. The van der Waals surface area contributed by atoms with Crippen molar-refractivity contribution in [3.63, 3.8) is 0 Å². The maximum atomic E-state index is 4.12. The summed E-state index contributed by atoms with van der Waals surface area (Å²) in [5.74, 6) is 0. The zero-order chi connectivity index (χ0) is 8.27. The molecule has 1 aliphatic rings. The van der Waals surface area contributed by atoms with Gasteiger partial charge in [0.25, 0.3) is 0 Å². The summed E-state index contributed by atoms with van der Waals surface area (Å²) in [6.07, 6.45) is 7.14. The minimum Gasteiger partial charge on any atom is -0.288 e. The van der Waals surface area contributed by atoms with E-state index < -0.39 is 0 Å². The standard InChI is InChI=1S/C10H13N/c1-4-9-6-5-7-10(11-3)8(9)2/h5-7H,2,4H2,1,3H3/b11-10-. The summed E-state index contributed by atoms with van der Waals surface area (Å²) < 4.78 is 0. The van der Waals surface area contributed by atoms with Gasteiger partial charge in [-0.1, -0.05) is 25.7 Å². The van der Waals surface area contributed by atoms with Crippen molar-refractivity contribution in [3.8, 4) is 0 Å². The molecule has 0 aliphatic heterocycles. The molecule has 0 heterocycles. The van der Waals surface area contributed by atoms with Crippen LogP contribution >= 0.6 is 0 Å². The molecular formula is C10H13N. The lowest BCUT2D eigenvalue weighted by molar-refractivity contribution is 1.13. The van der Waals surface area contributed by atoms with Crippen LogP contribution in [0.2, 0.25) is 0 Å². The van der Waals surface area contributed by atoms with Gasteiger partial charge in [0.1, 0.15) is 0 Å². The van der Waals surface area contributed by atoms with Crippen LogP contribution < -0.4 is 0 Å². The van der Waals surface area contributed by atoms with Crippen LogP contribution in [0, 0.1) is 0 Å². The van der Waals surface area contributed by atoms with Crippen molar-refractivity contribution < 1.29 is 0 Å². The molecule has 0 aromatic carbocycles. The Morgan fingerprint density at radius 3 is 2.82 bits per heavy atom. The second kappa shape index (κ2) is 3.33. The topological polar surface area (TPSA) is 12.4 Å². The minimum absolute atomic E-state index is 1.00. The van der Waals surface area contributed by atoms with E-state index >= 15 is 0 Å². The summed E-state index contributed by atoms with van der Waals surface area (Å²) in [6, 6.07) is 0. The largest absolute Gasteiger partial charge is 0.288 e. The minimum atomic E-state index is 1.00. The van der Waals surface area contributed by atoms with Gasteiger partial charge in [-0.15, -0.1) is 0 Å². The van der Waals surface area contributed by atoms with Crippen LogP contribution in [0.5, 0.6) is 0 Å². The molecule has 1 nitrogen and oxygen atoms in total. The van der Waals surface area contributed by atoms with Crippen LogP contribution in [-0.2, 0) is 0 Å². The van der Waals surface area contributed by atoms with Crippen LogP contribution in [0.15, 0.2) is 40.9 Å². The zero-order valence-electron chi connectivity index (χ0n) is 7.09. The average molecular weight is 147 g/mol. The Bertz CT molecular complexity index is 254. The Kier molecular flexibility index (Phi) is 2.42. The van der Waals surface area contributed by atoms with Crippen LogP contribution in [-0.4, -0.2) is 12.8 Å². The number of hydrogen-bond donors (Lipinski definition) is 0. The van der Waals surface area contributed by atoms with E-state index in [1.54, 1.807) is 7.05 Å². The van der Waals surface area contributed by atoms with Crippen molar-refractivity contribution in [2.75, 3.05) is 7.05 Å². The lowest BCUT2D eigenvalue weighted by Crippen LogP contribution is -2.03. The Morgan fingerprint density at radius 1 is 1.55 bits per heavy atom. The molecule has 1 heteroatoms. The summed E-state index contributed by atoms with van der Waals surface area (Å²) in [6.45, 7) is 6.10. The second-order valence-electron chi connectivity index (χ2n) is 2.49. The monoisotopic (exact) mass is 147 g/mol. The van der Waals surface area contributed by atoms with Gasteiger partial charge in [-0.25, -0.2) is 0 Å². The predicted octanol–water partition coefficient (Wildman–Crippen LogP) is 2.52. The lowest BCUT2D eigenvalue weighted by atomic mass is 9.96. The zero-order valence-corrected chi connectivity index (χ0v) is 7.09. The molecule has 0 radical (unpaired) electrons. The summed E-state index contributed by atoms with van der Waals surface area (Å²) in [5.41, 5.74) is 3.36. The molecule has 0 amide bonds. The van der Waals surface area contributed by atoms with Crippen molar-refractivity contribution >= 4 is 5.71 Å². The van der Waals surface area contributed by atoms with E-state index in [9.17, 15) is 0 Å². The number of aliphatic imine (C=N–C) groups is 1. The van der Waals surface area contributed by atoms with Gasteiger partial charge in [0, 0.05) is 7.05 Å². The van der Waals surface area contributed by atoms with Gasteiger partial charge in [0.2, 0.25) is 0 Å². The van der Waals surface area contributed by atoms with Gasteiger partial charge in [0.15, 0.2) is 0 Å². The maximum Gasteiger partial charge on any atom is 0.0639 e. The van der Waals surface area contributed by atoms with Crippen LogP contribution in [0.25, 0.3) is 0 Å². The fraction of sp³-hybridized carbons (Fsp3) is 0.300. The highest BCUT2D eigenvalue weighted by Gasteiger charge is 2.07. The van der Waals surface area contributed by atoms with Crippen molar-refractivity contribution in [3.05, 3.63) is 36.0 Å². The third-order valence-corrected chi connectivity index (χ3v) is 1.87. The van der Waals surface area contributed by atoms with Crippen molar-refractivity contribution in [2.45, 2.75) is 13.3 Å². The predicted molar refractivity (Wildman–Crippen MR) is 50.0 cm³/mol. The van der Waals surface area contributed by atoms with Crippen LogP contribution in [0.4, 0.5) is 0 Å². The van der Waals surface area contributed by atoms with Crippen LogP contribution in [0.3, 0.4) is 0 Å². The van der Waals surface area contributed by atoms with Gasteiger partial charge in [-0.2, -0.15) is 0 Å². The Balaban J connectivity index is 2.95. The fourth-order valence-electron chi connectivity index (χ4n) is 1.16. The van der Waals surface area contributed by atoms with E-state index in [4.69, 9.17) is 0 Å². The molecule has 0 fully saturated rings. The highest BCUT2D eigenvalue weighted by atomic mass is 14.7. The molecule has 1 aliphatic carbocycles. The molecule has 0 saturated heterocycles. The number of rotatable bonds is 1. The van der Waals surface area contributed by atoms with Gasteiger partial charge < -0.3 is 0 Å². The third-order valence-electron chi connectivity index (χ3n) is 1.87. The first-order valence-corrected chi connectivity index (χ1v) is 3.83. The molecule has 0 N–H and O–H groups in total. The molecule has 0 unspecified atom stereocenters. The quantitative estimate of drug-likeness (QED) is 0.540. The molecule has 0 aromatic rings. The first kappa shape index (κ1) is 7.99. The van der Waals surface area contributed by atoms with Gasteiger partial charge in [0.05, 0.1) is 5.71 Å². The van der Waals surface area contributed by atoms with Gasteiger partial charge in [-0.3, -0.25) is 4.99 Å². The molecule has 1 rings (SSSR count). The smallest absolute Gasteiger partial charge is 0.0639 e. The highest BCUT2D eigenvalue weighted by Crippen LogP contribution is 2.18. The van der Waals surface area contributed by atoms with Gasteiger partial charge in [-0.05, 0) is 23.6 Å². The Morgan fingerprint density at radius 2 is 2.27 bits per heavy atom. The van der Waals surface area contributed by atoms with E-state index in [0.29, 0.717) is 0 Å². The molecule has 0 aromatic heterocycles. The van der Waals surface area contributed by atoms with Gasteiger partial charge >= 0.3 is 0 Å². The summed E-state index contributed by atoms with van der Waals surface area (Å²) in [5, 5.41) is 0. The average Bonchev–Trinajstić information content (AvgIpc) is 2.05. The Hall–Kier alpha value is -1.11. The first-order chi connectivity index (χ1) is 5.29. The van der Waals surface area contributed by atoms with Crippen LogP contribution in [0.1, 0.15) is 13.3 Å². The van der Waals surface area contributed by atoms with E-state index in [2.05, 4.69) is 24.6 Å². The Labute approximate surface area is 67.8 Å². The molecular weight excluding hydrogens is 134 g/mol. The normalized spacial score (nSPS) is 20.7. The van der Waals surface area contributed by atoms with Crippen molar-refractivity contribution in [2.24, 2.45) is 4.99 Å². The van der Waals surface area contributed by atoms with E-state index in [1.165, 1.54) is 5.57 Å². The molecule has 0 saturated carbocycles. The van der Waals surface area contributed by atoms with Crippen molar-refractivity contribution in [1.82, 2.24) is 0 Å². The number of hydrogen-bond acceptors (Lipinski definition) is 1. The van der Waals surface area contributed by atoms with E-state index in [0.717, 1.165) is 17.7 Å². The maximum absolute atomic E-state index is 4.12. The molecule has 0 spiro atoms. The summed E-state index contributed by atoms with van der Waals surface area (Å²) in [4.78, 5) is 4.12. The summed E-state index contributed by atoms with van der Waals surface area (Å²) >= 11 is 0. The van der Waals surface area contributed by atoms with Crippen molar-refractivity contribution in [1.29, 1.82) is 0 Å².